The first-order valence-corrected chi connectivity index (χ1v) is 15.9. The maximum Gasteiger partial charge on any atom is 0.237 e. The van der Waals surface area contributed by atoms with Gasteiger partial charge in [0.25, 0.3) is 0 Å². The number of aromatic nitrogens is 5. The number of fused-ring (bicyclic) bond motifs is 12. The van der Waals surface area contributed by atoms with Crippen LogP contribution in [-0.2, 0) is 0 Å². The Morgan fingerprint density at radius 3 is 2.15 bits per heavy atom. The molecule has 6 heteroatoms. The second kappa shape index (κ2) is 9.12. The topological polar surface area (TPSA) is 52.4 Å². The summed E-state index contributed by atoms with van der Waals surface area (Å²) in [5, 5.41) is 10.4. The largest absolute Gasteiger partial charge is 0.308 e. The minimum absolute atomic E-state index is 0.543. The van der Waals surface area contributed by atoms with Crippen LogP contribution in [0.5, 0.6) is 0 Å². The second-order valence-electron chi connectivity index (χ2n) is 12.4. The Morgan fingerprint density at radius 1 is 0.542 bits per heavy atom. The van der Waals surface area contributed by atoms with E-state index in [0.717, 1.165) is 38.4 Å². The van der Waals surface area contributed by atoms with E-state index in [0.29, 0.717) is 17.3 Å². The van der Waals surface area contributed by atoms with Crippen LogP contribution in [0, 0.1) is 6.57 Å². The molecule has 0 N–H and O–H groups in total. The molecule has 0 aliphatic carbocycles. The van der Waals surface area contributed by atoms with Gasteiger partial charge in [0, 0.05) is 43.9 Å². The van der Waals surface area contributed by atoms with E-state index in [1.807, 2.05) is 36.4 Å². The van der Waals surface area contributed by atoms with Gasteiger partial charge in [-0.3, -0.25) is 4.57 Å². The van der Waals surface area contributed by atoms with Gasteiger partial charge in [0.05, 0.1) is 39.8 Å². The van der Waals surface area contributed by atoms with Gasteiger partial charge >= 0.3 is 0 Å². The van der Waals surface area contributed by atoms with E-state index in [1.165, 1.54) is 48.9 Å². The van der Waals surface area contributed by atoms with E-state index in [9.17, 15) is 0 Å². The summed E-state index contributed by atoms with van der Waals surface area (Å²) < 4.78 is 4.65. The van der Waals surface area contributed by atoms with Crippen molar-refractivity contribution in [1.82, 2.24) is 23.9 Å². The molecule has 0 atom stereocenters. The van der Waals surface area contributed by atoms with E-state index < -0.39 is 0 Å². The molecule has 0 bridgehead atoms. The molecule has 0 spiro atoms. The van der Waals surface area contributed by atoms with Crippen molar-refractivity contribution in [2.24, 2.45) is 0 Å². The summed E-state index contributed by atoms with van der Waals surface area (Å²) in [4.78, 5) is 18.9. The van der Waals surface area contributed by atoms with Crippen LogP contribution >= 0.6 is 0 Å². The van der Waals surface area contributed by atoms with Gasteiger partial charge in [-0.2, -0.15) is 4.98 Å². The van der Waals surface area contributed by atoms with Crippen molar-refractivity contribution in [2.45, 2.75) is 0 Å². The third kappa shape index (κ3) is 3.22. The Kier molecular flexibility index (Phi) is 4.82. The monoisotopic (exact) mass is 610 g/mol. The van der Waals surface area contributed by atoms with E-state index >= 15 is 0 Å². The Labute approximate surface area is 272 Å². The number of nitrogens with zero attached hydrogens (tertiary/aromatic N) is 6. The lowest BCUT2D eigenvalue weighted by Crippen LogP contribution is -2.04. The molecule has 0 aliphatic heterocycles. The van der Waals surface area contributed by atoms with Crippen molar-refractivity contribution in [2.75, 3.05) is 0 Å². The first-order valence-electron chi connectivity index (χ1n) is 15.9. The summed E-state index contributed by atoms with van der Waals surface area (Å²) in [5.74, 6) is 0.543. The summed E-state index contributed by atoms with van der Waals surface area (Å²) in [6, 6.07) is 44.4. The first-order chi connectivity index (χ1) is 23.8. The van der Waals surface area contributed by atoms with E-state index in [4.69, 9.17) is 21.5 Å². The number of benzene rings is 6. The lowest BCUT2D eigenvalue weighted by Gasteiger charge is -2.12. The predicted molar refractivity (Wildman–Crippen MR) is 196 cm³/mol. The normalized spacial score (nSPS) is 12.1. The van der Waals surface area contributed by atoms with Crippen molar-refractivity contribution in [3.63, 3.8) is 0 Å². The molecule has 220 valence electrons. The Bertz CT molecular complexity index is 3200. The Morgan fingerprint density at radius 2 is 1.29 bits per heavy atom. The fourth-order valence-electron chi connectivity index (χ4n) is 7.91. The molecule has 0 fully saturated rings. The van der Waals surface area contributed by atoms with Gasteiger partial charge in [-0.1, -0.05) is 78.9 Å². The molecule has 0 aliphatic rings. The third-order valence-electron chi connectivity index (χ3n) is 9.88. The van der Waals surface area contributed by atoms with E-state index in [-0.39, 0.29) is 0 Å². The van der Waals surface area contributed by atoms with Gasteiger partial charge in [0.2, 0.25) is 5.95 Å². The second-order valence-corrected chi connectivity index (χ2v) is 12.4. The van der Waals surface area contributed by atoms with Crippen LogP contribution in [0.2, 0.25) is 0 Å². The molecule has 0 unspecified atom stereocenters. The van der Waals surface area contributed by atoms with Gasteiger partial charge in [-0.15, -0.1) is 0 Å². The highest BCUT2D eigenvalue weighted by Gasteiger charge is 2.25. The van der Waals surface area contributed by atoms with Crippen molar-refractivity contribution >= 4 is 87.4 Å². The van der Waals surface area contributed by atoms with Gasteiger partial charge in [0.1, 0.15) is 0 Å². The SMILES string of the molecule is [C-]#[N+]c1cccc(-c2nc(-n3c4cc5ccccc5cc4c4c5c6ccccc6n6c7ccccc7c(cc43)c56)nc3ncccc23)c1. The number of rotatable bonds is 2. The van der Waals surface area contributed by atoms with Gasteiger partial charge in [-0.25, -0.2) is 14.8 Å². The lowest BCUT2D eigenvalue weighted by molar-refractivity contribution is 1.01. The fourth-order valence-corrected chi connectivity index (χ4v) is 7.91. The van der Waals surface area contributed by atoms with Crippen molar-refractivity contribution in [3.05, 3.63) is 145 Å². The molecule has 0 saturated carbocycles. The van der Waals surface area contributed by atoms with Crippen molar-refractivity contribution in [3.8, 4) is 17.2 Å². The average Bonchev–Trinajstić information content (AvgIpc) is 3.77. The van der Waals surface area contributed by atoms with Gasteiger partial charge in [-0.05, 0) is 64.9 Å². The molecule has 6 nitrogen and oxygen atoms in total. The maximum atomic E-state index is 7.65. The third-order valence-corrected chi connectivity index (χ3v) is 9.88. The van der Waals surface area contributed by atoms with Gasteiger partial charge in [0.15, 0.2) is 11.3 Å². The highest BCUT2D eigenvalue weighted by molar-refractivity contribution is 6.36. The van der Waals surface area contributed by atoms with Crippen LogP contribution in [0.4, 0.5) is 5.69 Å². The Balaban J connectivity index is 1.39. The molecular weight excluding hydrogens is 589 g/mol. The standard InChI is InChI=1S/C42H22N6/c1-43-27-13-8-12-26(20-27)39-30-16-9-19-44-41(30)46-42(45-39)48-35-22-25-11-3-2-10-24(25)21-32(35)37-36(48)23-31-28-14-4-6-17-33(28)47-34-18-7-5-15-29(34)38(37)40(31)47/h2-23H. The molecule has 0 amide bonds. The summed E-state index contributed by atoms with van der Waals surface area (Å²) in [6.45, 7) is 7.65. The van der Waals surface area contributed by atoms with Crippen molar-refractivity contribution in [1.29, 1.82) is 0 Å². The van der Waals surface area contributed by atoms with E-state index in [2.05, 4.69) is 105 Å². The molecule has 11 aromatic rings. The minimum Gasteiger partial charge on any atom is -0.308 e. The summed E-state index contributed by atoms with van der Waals surface area (Å²) in [7, 11) is 0. The zero-order chi connectivity index (χ0) is 31.5. The molecule has 0 saturated heterocycles. The highest BCUT2D eigenvalue weighted by Crippen LogP contribution is 2.47. The Hall–Kier alpha value is -6.84. The summed E-state index contributed by atoms with van der Waals surface area (Å²) >= 11 is 0. The predicted octanol–water partition coefficient (Wildman–Crippen LogP) is 10.6. The smallest absolute Gasteiger partial charge is 0.237 e. The number of para-hydroxylation sites is 2. The zero-order valence-corrected chi connectivity index (χ0v) is 25.4. The lowest BCUT2D eigenvalue weighted by atomic mass is 10.0. The molecule has 48 heavy (non-hydrogen) atoms. The molecule has 11 rings (SSSR count). The van der Waals surface area contributed by atoms with Crippen LogP contribution in [0.3, 0.4) is 0 Å². The molecule has 0 radical (unpaired) electrons. The average molecular weight is 611 g/mol. The minimum atomic E-state index is 0.543. The molecule has 5 heterocycles. The number of hydrogen-bond donors (Lipinski definition) is 0. The molecular formula is C42H22N6. The number of pyridine rings is 1. The van der Waals surface area contributed by atoms with Gasteiger partial charge < -0.3 is 4.40 Å². The van der Waals surface area contributed by atoms with Crippen molar-refractivity contribution < 1.29 is 0 Å². The summed E-state index contributed by atoms with van der Waals surface area (Å²) in [5.41, 5.74) is 8.47. The highest BCUT2D eigenvalue weighted by atomic mass is 15.2. The summed E-state index contributed by atoms with van der Waals surface area (Å²) in [6.07, 6.45) is 1.77. The molecule has 6 aromatic carbocycles. The van der Waals surface area contributed by atoms with E-state index in [1.54, 1.807) is 6.20 Å². The quantitative estimate of drug-likeness (QED) is 0.183. The number of hydrogen-bond acceptors (Lipinski definition) is 3. The maximum absolute atomic E-state index is 7.65. The van der Waals surface area contributed by atoms with Crippen LogP contribution in [0.1, 0.15) is 0 Å². The fraction of sp³-hybridized carbons (Fsp3) is 0. The first kappa shape index (κ1) is 25.4. The van der Waals surface area contributed by atoms with Crippen LogP contribution in [-0.4, -0.2) is 23.9 Å². The molecule has 5 aromatic heterocycles. The van der Waals surface area contributed by atoms with Crippen LogP contribution in [0.25, 0.3) is 104 Å². The zero-order valence-electron chi connectivity index (χ0n) is 25.4. The van der Waals surface area contributed by atoms with Crippen LogP contribution < -0.4 is 0 Å². The van der Waals surface area contributed by atoms with Crippen LogP contribution in [0.15, 0.2) is 134 Å².